The maximum absolute atomic E-state index is 12.4. The second-order valence-electron chi connectivity index (χ2n) is 5.11. The maximum Gasteiger partial charge on any atom is 0.406 e. The molecular formula is C13H18F3N5. The van der Waals surface area contributed by atoms with E-state index >= 15 is 0 Å². The van der Waals surface area contributed by atoms with Gasteiger partial charge in [0.2, 0.25) is 0 Å². The van der Waals surface area contributed by atoms with Gasteiger partial charge in [-0.05, 0) is 19.4 Å². The van der Waals surface area contributed by atoms with Crippen LogP contribution in [0.3, 0.4) is 0 Å². The molecule has 0 amide bonds. The third kappa shape index (κ3) is 4.89. The highest BCUT2D eigenvalue weighted by Gasteiger charge is 2.28. The summed E-state index contributed by atoms with van der Waals surface area (Å²) in [6.45, 7) is 3.82. The number of hydrogen-bond acceptors (Lipinski definition) is 3. The molecule has 1 N–H and O–H groups in total. The lowest BCUT2D eigenvalue weighted by Gasteiger charge is -2.15. The van der Waals surface area contributed by atoms with Crippen LogP contribution in [0.2, 0.25) is 0 Å². The van der Waals surface area contributed by atoms with Gasteiger partial charge in [-0.25, -0.2) is 4.98 Å². The number of alkyl halides is 3. The summed E-state index contributed by atoms with van der Waals surface area (Å²) in [4.78, 5) is 3.96. The molecule has 2 heterocycles. The molecule has 2 rings (SSSR count). The molecule has 1 atom stereocenters. The monoisotopic (exact) mass is 301 g/mol. The van der Waals surface area contributed by atoms with Crippen molar-refractivity contribution in [3.8, 4) is 0 Å². The van der Waals surface area contributed by atoms with Crippen LogP contribution in [0.15, 0.2) is 24.8 Å². The average molecular weight is 301 g/mol. The molecule has 0 bridgehead atoms. The first-order valence-corrected chi connectivity index (χ1v) is 6.63. The normalized spacial score (nSPS) is 13.6. The predicted octanol–water partition coefficient (Wildman–Crippen LogP) is 2.13. The Morgan fingerprint density at radius 2 is 2.14 bits per heavy atom. The van der Waals surface area contributed by atoms with E-state index in [9.17, 15) is 13.2 Å². The number of rotatable bonds is 6. The number of nitrogens with one attached hydrogen (secondary N) is 1. The smallest absolute Gasteiger partial charge is 0.325 e. The fraction of sp³-hybridized carbons (Fsp3) is 0.538. The van der Waals surface area contributed by atoms with E-state index in [0.29, 0.717) is 12.4 Å². The molecule has 5 nitrogen and oxygen atoms in total. The van der Waals surface area contributed by atoms with Crippen LogP contribution in [-0.2, 0) is 19.6 Å². The van der Waals surface area contributed by atoms with Crippen LogP contribution in [0.1, 0.15) is 18.3 Å². The van der Waals surface area contributed by atoms with E-state index in [2.05, 4.69) is 15.4 Å². The Kier molecular flexibility index (Phi) is 4.66. The summed E-state index contributed by atoms with van der Waals surface area (Å²) in [5, 5.41) is 7.33. The van der Waals surface area contributed by atoms with Gasteiger partial charge in [-0.15, -0.1) is 0 Å². The minimum atomic E-state index is -4.24. The number of halogens is 3. The Morgan fingerprint density at radius 1 is 1.38 bits per heavy atom. The Bertz CT molecular complexity index is 572. The van der Waals surface area contributed by atoms with Crippen LogP contribution in [0.5, 0.6) is 0 Å². The van der Waals surface area contributed by atoms with Crippen molar-refractivity contribution in [2.75, 3.05) is 0 Å². The summed E-state index contributed by atoms with van der Waals surface area (Å²) in [6.07, 6.45) is 2.16. The van der Waals surface area contributed by atoms with Gasteiger partial charge in [0.05, 0.1) is 19.3 Å². The molecule has 2 aromatic rings. The minimum absolute atomic E-state index is 0.0698. The van der Waals surface area contributed by atoms with Crippen LogP contribution in [0.4, 0.5) is 13.2 Å². The van der Waals surface area contributed by atoms with Crippen LogP contribution in [-0.4, -0.2) is 31.5 Å². The Balaban J connectivity index is 1.87. The van der Waals surface area contributed by atoms with Crippen LogP contribution in [0.25, 0.3) is 0 Å². The first kappa shape index (κ1) is 15.6. The number of aromatic nitrogens is 4. The second kappa shape index (κ2) is 6.30. The summed E-state index contributed by atoms with van der Waals surface area (Å²) in [7, 11) is 0. The van der Waals surface area contributed by atoms with Crippen molar-refractivity contribution in [2.24, 2.45) is 0 Å². The molecule has 116 valence electrons. The van der Waals surface area contributed by atoms with Gasteiger partial charge in [0, 0.05) is 24.6 Å². The topological polar surface area (TPSA) is 47.7 Å². The van der Waals surface area contributed by atoms with Crippen LogP contribution >= 0.6 is 0 Å². The molecule has 0 spiro atoms. The molecular weight excluding hydrogens is 283 g/mol. The van der Waals surface area contributed by atoms with E-state index in [1.807, 2.05) is 20.0 Å². The van der Waals surface area contributed by atoms with Crippen molar-refractivity contribution in [3.63, 3.8) is 0 Å². The Hall–Kier alpha value is -1.83. The van der Waals surface area contributed by atoms with Gasteiger partial charge >= 0.3 is 6.18 Å². The van der Waals surface area contributed by atoms with E-state index in [1.54, 1.807) is 10.9 Å². The van der Waals surface area contributed by atoms with Crippen molar-refractivity contribution < 1.29 is 13.2 Å². The third-order valence-corrected chi connectivity index (χ3v) is 2.98. The standard InChI is InChI=1S/C13H18F3N5/c1-10-5-19-21(7-10)8-11(2)18-6-12-17-3-4-20(12)9-13(14,15)16/h3-5,7,11,18H,6,8-9H2,1-2H3. The zero-order chi connectivity index (χ0) is 15.5. The number of nitrogens with zero attached hydrogens (tertiary/aromatic N) is 4. The van der Waals surface area contributed by atoms with Gasteiger partial charge in [-0.2, -0.15) is 18.3 Å². The van der Waals surface area contributed by atoms with E-state index in [1.165, 1.54) is 12.4 Å². The van der Waals surface area contributed by atoms with Crippen molar-refractivity contribution >= 4 is 0 Å². The lowest BCUT2D eigenvalue weighted by atomic mass is 10.3. The van der Waals surface area contributed by atoms with E-state index in [4.69, 9.17) is 0 Å². The molecule has 0 saturated carbocycles. The molecule has 0 aromatic carbocycles. The fourth-order valence-corrected chi connectivity index (χ4v) is 2.02. The Labute approximate surface area is 120 Å². The van der Waals surface area contributed by atoms with E-state index in [0.717, 1.165) is 10.1 Å². The zero-order valence-corrected chi connectivity index (χ0v) is 11.9. The highest BCUT2D eigenvalue weighted by Crippen LogP contribution is 2.18. The molecule has 0 radical (unpaired) electrons. The van der Waals surface area contributed by atoms with Crippen molar-refractivity contribution in [3.05, 3.63) is 36.2 Å². The molecule has 0 fully saturated rings. The van der Waals surface area contributed by atoms with E-state index in [-0.39, 0.29) is 12.6 Å². The van der Waals surface area contributed by atoms with E-state index < -0.39 is 12.7 Å². The molecule has 0 saturated heterocycles. The SMILES string of the molecule is Cc1cnn(CC(C)NCc2nccn2CC(F)(F)F)c1. The molecule has 2 aromatic heterocycles. The van der Waals surface area contributed by atoms with Gasteiger partial charge in [0.15, 0.2) is 0 Å². The lowest BCUT2D eigenvalue weighted by Crippen LogP contribution is -2.31. The summed E-state index contributed by atoms with van der Waals surface area (Å²) in [6, 6.07) is 0.0698. The third-order valence-electron chi connectivity index (χ3n) is 2.98. The zero-order valence-electron chi connectivity index (χ0n) is 11.9. The predicted molar refractivity (Wildman–Crippen MR) is 71.5 cm³/mol. The largest absolute Gasteiger partial charge is 0.406 e. The van der Waals surface area contributed by atoms with Crippen LogP contribution < -0.4 is 5.32 Å². The summed E-state index contributed by atoms with van der Waals surface area (Å²) >= 11 is 0. The van der Waals surface area contributed by atoms with Crippen molar-refractivity contribution in [1.29, 1.82) is 0 Å². The molecule has 21 heavy (non-hydrogen) atoms. The summed E-state index contributed by atoms with van der Waals surface area (Å²) in [5.41, 5.74) is 1.07. The average Bonchev–Trinajstić information content (AvgIpc) is 2.94. The Morgan fingerprint density at radius 3 is 2.76 bits per heavy atom. The van der Waals surface area contributed by atoms with Crippen molar-refractivity contribution in [2.45, 2.75) is 45.7 Å². The molecule has 8 heteroatoms. The minimum Gasteiger partial charge on any atom is -0.325 e. The second-order valence-corrected chi connectivity index (χ2v) is 5.11. The molecule has 0 aliphatic rings. The first-order valence-electron chi connectivity index (χ1n) is 6.63. The molecule has 0 aliphatic carbocycles. The van der Waals surface area contributed by atoms with Gasteiger partial charge < -0.3 is 9.88 Å². The van der Waals surface area contributed by atoms with Crippen LogP contribution in [0, 0.1) is 6.92 Å². The molecule has 1 unspecified atom stereocenters. The summed E-state index contributed by atoms with van der Waals surface area (Å²) < 4.78 is 40.1. The first-order chi connectivity index (χ1) is 9.83. The van der Waals surface area contributed by atoms with Gasteiger partial charge in [0.25, 0.3) is 0 Å². The maximum atomic E-state index is 12.4. The number of aryl methyl sites for hydroxylation is 1. The fourth-order valence-electron chi connectivity index (χ4n) is 2.02. The van der Waals surface area contributed by atoms with Gasteiger partial charge in [-0.3, -0.25) is 4.68 Å². The van der Waals surface area contributed by atoms with Gasteiger partial charge in [0.1, 0.15) is 12.4 Å². The highest BCUT2D eigenvalue weighted by atomic mass is 19.4. The number of imidazole rings is 1. The highest BCUT2D eigenvalue weighted by molar-refractivity contribution is 4.99. The lowest BCUT2D eigenvalue weighted by molar-refractivity contribution is -0.141. The van der Waals surface area contributed by atoms with Gasteiger partial charge in [-0.1, -0.05) is 0 Å². The van der Waals surface area contributed by atoms with Crippen molar-refractivity contribution in [1.82, 2.24) is 24.6 Å². The number of hydrogen-bond donors (Lipinski definition) is 1. The quantitative estimate of drug-likeness (QED) is 0.889. The summed E-state index contributed by atoms with van der Waals surface area (Å²) in [5.74, 6) is 0.371. The molecule has 0 aliphatic heterocycles.